The molecule has 2 aromatic rings. The molecular formula is C12H17N7S. The standard InChI is InChI=1S/C12H17N7S/c1-13-10-16-11(19-8-14-7-15-19)18-12(17-10)20-9-5-3-2-4-6-9/h7-9H,2-6H2,1H3,(H,13,16,17,18). The van der Waals surface area contributed by atoms with Crippen molar-refractivity contribution in [3.05, 3.63) is 12.7 Å². The average Bonchev–Trinajstić information content (AvgIpc) is 3.02. The van der Waals surface area contributed by atoms with Crippen molar-refractivity contribution in [2.24, 2.45) is 0 Å². The minimum absolute atomic E-state index is 0.500. The van der Waals surface area contributed by atoms with Crippen molar-refractivity contribution in [2.75, 3.05) is 12.4 Å². The van der Waals surface area contributed by atoms with Gasteiger partial charge in [-0.05, 0) is 12.8 Å². The molecule has 20 heavy (non-hydrogen) atoms. The molecule has 0 unspecified atom stereocenters. The first-order valence-electron chi connectivity index (χ1n) is 6.80. The predicted molar refractivity (Wildman–Crippen MR) is 77.0 cm³/mol. The topological polar surface area (TPSA) is 81.4 Å². The van der Waals surface area contributed by atoms with E-state index in [2.05, 4.69) is 30.4 Å². The van der Waals surface area contributed by atoms with Crippen LogP contribution in [-0.2, 0) is 0 Å². The lowest BCUT2D eigenvalue weighted by Gasteiger charge is -2.20. The molecule has 0 bridgehead atoms. The third kappa shape index (κ3) is 3.06. The second-order valence-electron chi connectivity index (χ2n) is 4.71. The van der Waals surface area contributed by atoms with E-state index in [1.807, 2.05) is 0 Å². The number of nitrogens with one attached hydrogen (secondary N) is 1. The molecule has 1 N–H and O–H groups in total. The lowest BCUT2D eigenvalue weighted by molar-refractivity contribution is 0.515. The van der Waals surface area contributed by atoms with Crippen LogP contribution < -0.4 is 5.32 Å². The van der Waals surface area contributed by atoms with Crippen molar-refractivity contribution in [1.29, 1.82) is 0 Å². The van der Waals surface area contributed by atoms with Gasteiger partial charge in [0.2, 0.25) is 5.95 Å². The Morgan fingerprint density at radius 2 is 2.05 bits per heavy atom. The van der Waals surface area contributed by atoms with Gasteiger partial charge >= 0.3 is 0 Å². The van der Waals surface area contributed by atoms with Gasteiger partial charge in [0.05, 0.1) is 0 Å². The van der Waals surface area contributed by atoms with Crippen LogP contribution in [0.2, 0.25) is 0 Å². The summed E-state index contributed by atoms with van der Waals surface area (Å²) in [5, 5.41) is 8.40. The Morgan fingerprint density at radius 3 is 2.75 bits per heavy atom. The lowest BCUT2D eigenvalue weighted by atomic mass is 10.0. The van der Waals surface area contributed by atoms with E-state index in [4.69, 9.17) is 0 Å². The summed E-state index contributed by atoms with van der Waals surface area (Å²) < 4.78 is 1.55. The lowest BCUT2D eigenvalue weighted by Crippen LogP contribution is -2.12. The number of aromatic nitrogens is 6. The molecular weight excluding hydrogens is 274 g/mol. The van der Waals surface area contributed by atoms with Gasteiger partial charge in [-0.2, -0.15) is 24.7 Å². The summed E-state index contributed by atoms with van der Waals surface area (Å²) in [4.78, 5) is 17.1. The molecule has 1 aliphatic carbocycles. The summed E-state index contributed by atoms with van der Waals surface area (Å²) in [5.41, 5.74) is 0. The first kappa shape index (κ1) is 13.3. The molecule has 1 saturated carbocycles. The van der Waals surface area contributed by atoms with Gasteiger partial charge in [-0.1, -0.05) is 31.0 Å². The molecule has 1 aliphatic rings. The van der Waals surface area contributed by atoms with Crippen LogP contribution in [0, 0.1) is 0 Å². The van der Waals surface area contributed by atoms with E-state index in [9.17, 15) is 0 Å². The minimum atomic E-state index is 0.500. The maximum atomic E-state index is 4.48. The first-order valence-corrected chi connectivity index (χ1v) is 7.68. The summed E-state index contributed by atoms with van der Waals surface area (Å²) >= 11 is 1.74. The van der Waals surface area contributed by atoms with Gasteiger partial charge in [0.25, 0.3) is 5.95 Å². The highest BCUT2D eigenvalue weighted by Crippen LogP contribution is 2.32. The molecule has 106 valence electrons. The zero-order valence-electron chi connectivity index (χ0n) is 11.4. The Bertz CT molecular complexity index is 551. The van der Waals surface area contributed by atoms with Crippen LogP contribution in [0.1, 0.15) is 32.1 Å². The molecule has 0 aromatic carbocycles. The molecule has 1 fully saturated rings. The largest absolute Gasteiger partial charge is 0.357 e. The Balaban J connectivity index is 1.84. The van der Waals surface area contributed by atoms with Crippen molar-refractivity contribution >= 4 is 17.7 Å². The molecule has 0 aliphatic heterocycles. The van der Waals surface area contributed by atoms with Gasteiger partial charge in [0, 0.05) is 12.3 Å². The number of thioether (sulfide) groups is 1. The molecule has 0 amide bonds. The number of nitrogens with zero attached hydrogens (tertiary/aromatic N) is 6. The Kier molecular flexibility index (Phi) is 4.10. The van der Waals surface area contributed by atoms with E-state index in [0.717, 1.165) is 5.16 Å². The molecule has 2 aromatic heterocycles. The fraction of sp³-hybridized carbons (Fsp3) is 0.583. The minimum Gasteiger partial charge on any atom is -0.357 e. The highest BCUT2D eigenvalue weighted by Gasteiger charge is 2.17. The Morgan fingerprint density at radius 1 is 1.20 bits per heavy atom. The van der Waals surface area contributed by atoms with Gasteiger partial charge in [0.1, 0.15) is 12.7 Å². The van der Waals surface area contributed by atoms with Crippen LogP contribution in [0.3, 0.4) is 0 Å². The SMILES string of the molecule is CNc1nc(SC2CCCCC2)nc(-n2cncn2)n1. The second kappa shape index (κ2) is 6.17. The summed E-state index contributed by atoms with van der Waals surface area (Å²) in [7, 11) is 1.80. The van der Waals surface area contributed by atoms with Crippen molar-refractivity contribution < 1.29 is 0 Å². The molecule has 0 saturated heterocycles. The second-order valence-corrected chi connectivity index (χ2v) is 5.98. The van der Waals surface area contributed by atoms with Crippen molar-refractivity contribution in [3.8, 4) is 5.95 Å². The molecule has 8 heteroatoms. The van der Waals surface area contributed by atoms with Crippen LogP contribution in [0.25, 0.3) is 5.95 Å². The van der Waals surface area contributed by atoms with Crippen molar-refractivity contribution in [3.63, 3.8) is 0 Å². The zero-order valence-corrected chi connectivity index (χ0v) is 12.2. The predicted octanol–water partition coefficient (Wildman–Crippen LogP) is 1.92. The fourth-order valence-corrected chi connectivity index (χ4v) is 3.40. The van der Waals surface area contributed by atoms with Crippen LogP contribution in [0.15, 0.2) is 17.8 Å². The highest BCUT2D eigenvalue weighted by atomic mass is 32.2. The molecule has 0 spiro atoms. The smallest absolute Gasteiger partial charge is 0.257 e. The van der Waals surface area contributed by atoms with E-state index in [1.165, 1.54) is 38.4 Å². The molecule has 0 radical (unpaired) electrons. The molecule has 7 nitrogen and oxygen atoms in total. The van der Waals surface area contributed by atoms with Gasteiger partial charge in [0.15, 0.2) is 5.16 Å². The zero-order chi connectivity index (χ0) is 13.8. The molecule has 3 rings (SSSR count). The van der Waals surface area contributed by atoms with Gasteiger partial charge in [-0.3, -0.25) is 0 Å². The maximum absolute atomic E-state index is 4.48. The van der Waals surface area contributed by atoms with Crippen molar-refractivity contribution in [1.82, 2.24) is 29.7 Å². The molecule has 0 atom stereocenters. The number of hydrogen-bond donors (Lipinski definition) is 1. The first-order chi connectivity index (χ1) is 9.85. The monoisotopic (exact) mass is 291 g/mol. The van der Waals surface area contributed by atoms with Crippen LogP contribution in [0.4, 0.5) is 5.95 Å². The van der Waals surface area contributed by atoms with Gasteiger partial charge in [-0.25, -0.2) is 4.98 Å². The van der Waals surface area contributed by atoms with Crippen LogP contribution >= 0.6 is 11.8 Å². The molecule has 2 heterocycles. The van der Waals surface area contributed by atoms with Crippen LogP contribution in [0.5, 0.6) is 0 Å². The maximum Gasteiger partial charge on any atom is 0.257 e. The third-order valence-corrected chi connectivity index (χ3v) is 4.47. The average molecular weight is 291 g/mol. The fourth-order valence-electron chi connectivity index (χ4n) is 2.26. The summed E-state index contributed by atoms with van der Waals surface area (Å²) in [6.45, 7) is 0. The highest BCUT2D eigenvalue weighted by molar-refractivity contribution is 7.99. The van der Waals surface area contributed by atoms with Gasteiger partial charge in [-0.15, -0.1) is 0 Å². The Labute approximate surface area is 121 Å². The van der Waals surface area contributed by atoms with E-state index >= 15 is 0 Å². The Hall–Kier alpha value is -1.70. The third-order valence-electron chi connectivity index (χ3n) is 3.27. The number of anilines is 1. The van der Waals surface area contributed by atoms with Crippen LogP contribution in [-0.4, -0.2) is 42.0 Å². The van der Waals surface area contributed by atoms with E-state index in [-0.39, 0.29) is 0 Å². The normalized spacial score (nSPS) is 16.2. The van der Waals surface area contributed by atoms with E-state index < -0.39 is 0 Å². The van der Waals surface area contributed by atoms with E-state index in [1.54, 1.807) is 29.8 Å². The summed E-state index contributed by atoms with van der Waals surface area (Å²) in [6, 6.07) is 0. The quantitative estimate of drug-likeness (QED) is 0.921. The summed E-state index contributed by atoms with van der Waals surface area (Å²) in [5.74, 6) is 1.06. The van der Waals surface area contributed by atoms with Gasteiger partial charge < -0.3 is 5.32 Å². The van der Waals surface area contributed by atoms with Crippen molar-refractivity contribution in [2.45, 2.75) is 42.5 Å². The number of rotatable bonds is 4. The summed E-state index contributed by atoms with van der Waals surface area (Å²) in [6.07, 6.45) is 9.49. The van der Waals surface area contributed by atoms with E-state index in [0.29, 0.717) is 17.1 Å². The number of hydrogen-bond acceptors (Lipinski definition) is 7.